The first-order valence-electron chi connectivity index (χ1n) is 5.25. The van der Waals surface area contributed by atoms with Gasteiger partial charge in [-0.2, -0.15) is 0 Å². The van der Waals surface area contributed by atoms with Crippen molar-refractivity contribution in [2.75, 3.05) is 59.4 Å². The van der Waals surface area contributed by atoms with Crippen molar-refractivity contribution in [3.8, 4) is 0 Å². The van der Waals surface area contributed by atoms with Gasteiger partial charge in [0.1, 0.15) is 0 Å². The Hall–Kier alpha value is -0.200. The summed E-state index contributed by atoms with van der Waals surface area (Å²) in [7, 11) is 2.08. The summed E-state index contributed by atoms with van der Waals surface area (Å²) in [5.41, 5.74) is 16.5. The highest BCUT2D eigenvalue weighted by Gasteiger charge is 2.03. The van der Waals surface area contributed by atoms with Gasteiger partial charge in [-0.25, -0.2) is 0 Å². The van der Waals surface area contributed by atoms with Crippen LogP contribution in [0, 0.1) is 0 Å². The van der Waals surface area contributed by atoms with Gasteiger partial charge in [-0.05, 0) is 7.05 Å². The smallest absolute Gasteiger partial charge is 0.0110 e. The van der Waals surface area contributed by atoms with Crippen LogP contribution in [0.1, 0.15) is 0 Å². The third kappa shape index (κ3) is 7.23. The zero-order chi connectivity index (χ0) is 10.8. The Balaban J connectivity index is 3.57. The minimum Gasteiger partial charge on any atom is -0.329 e. The summed E-state index contributed by atoms with van der Waals surface area (Å²) in [5.74, 6) is 0. The summed E-state index contributed by atoms with van der Waals surface area (Å²) in [4.78, 5) is 4.51. The molecule has 6 N–H and O–H groups in total. The predicted octanol–water partition coefficient (Wildman–Crippen LogP) is -1.90. The number of rotatable bonds is 9. The van der Waals surface area contributed by atoms with Crippen molar-refractivity contribution in [2.24, 2.45) is 17.2 Å². The molecule has 0 saturated heterocycles. The molecule has 0 spiro atoms. The Labute approximate surface area is 87.2 Å². The van der Waals surface area contributed by atoms with Crippen LogP contribution in [0.4, 0.5) is 0 Å². The Morgan fingerprint density at radius 1 is 0.714 bits per heavy atom. The quantitative estimate of drug-likeness (QED) is 0.407. The molecule has 0 radical (unpaired) electrons. The van der Waals surface area contributed by atoms with E-state index in [-0.39, 0.29) is 0 Å². The van der Waals surface area contributed by atoms with Crippen LogP contribution in [0.25, 0.3) is 0 Å². The lowest BCUT2D eigenvalue weighted by molar-refractivity contribution is 0.236. The van der Waals surface area contributed by atoms with Crippen molar-refractivity contribution in [2.45, 2.75) is 0 Å². The lowest BCUT2D eigenvalue weighted by Gasteiger charge is -2.24. The second kappa shape index (κ2) is 9.36. The van der Waals surface area contributed by atoms with Crippen molar-refractivity contribution in [3.05, 3.63) is 0 Å². The van der Waals surface area contributed by atoms with Crippen molar-refractivity contribution >= 4 is 0 Å². The summed E-state index contributed by atoms with van der Waals surface area (Å²) >= 11 is 0. The number of nitrogens with two attached hydrogens (primary N) is 3. The first-order valence-corrected chi connectivity index (χ1v) is 5.25. The molecule has 0 aliphatic rings. The van der Waals surface area contributed by atoms with E-state index in [9.17, 15) is 0 Å². The van der Waals surface area contributed by atoms with E-state index < -0.39 is 0 Å². The first-order chi connectivity index (χ1) is 6.74. The molecular weight excluding hydrogens is 178 g/mol. The molecule has 14 heavy (non-hydrogen) atoms. The van der Waals surface area contributed by atoms with Crippen LogP contribution in [-0.2, 0) is 0 Å². The van der Waals surface area contributed by atoms with E-state index in [1.54, 1.807) is 0 Å². The molecule has 0 fully saturated rings. The number of likely N-dealkylation sites (N-methyl/N-ethyl adjacent to an activating group) is 1. The first kappa shape index (κ1) is 13.8. The molecule has 0 atom stereocenters. The molecule has 0 saturated carbocycles. The normalized spacial score (nSPS) is 11.6. The van der Waals surface area contributed by atoms with E-state index in [1.807, 2.05) is 0 Å². The monoisotopic (exact) mass is 203 g/mol. The van der Waals surface area contributed by atoms with Gasteiger partial charge in [0, 0.05) is 52.4 Å². The van der Waals surface area contributed by atoms with E-state index in [0.29, 0.717) is 19.6 Å². The molecule has 5 heteroatoms. The van der Waals surface area contributed by atoms with E-state index >= 15 is 0 Å². The molecule has 0 amide bonds. The van der Waals surface area contributed by atoms with Gasteiger partial charge in [-0.1, -0.05) is 0 Å². The van der Waals surface area contributed by atoms with Gasteiger partial charge in [-0.15, -0.1) is 0 Å². The molecule has 86 valence electrons. The third-order valence-corrected chi connectivity index (χ3v) is 2.20. The molecule has 0 aliphatic carbocycles. The predicted molar refractivity (Wildman–Crippen MR) is 61.1 cm³/mol. The minimum atomic E-state index is 0.695. The van der Waals surface area contributed by atoms with E-state index in [2.05, 4.69) is 16.8 Å². The minimum absolute atomic E-state index is 0.695. The second-order valence-corrected chi connectivity index (χ2v) is 3.51. The number of hydrogen-bond acceptors (Lipinski definition) is 5. The fraction of sp³-hybridized carbons (Fsp3) is 1.00. The molecule has 0 unspecified atom stereocenters. The standard InChI is InChI=1S/C9H25N5/c1-13(5-2-10)8-9-14(6-3-11)7-4-12/h2-12H2,1H3. The molecule has 0 aromatic heterocycles. The highest BCUT2D eigenvalue weighted by atomic mass is 15.2. The molecule has 0 aromatic rings. The maximum Gasteiger partial charge on any atom is 0.0110 e. The summed E-state index contributed by atoms with van der Waals surface area (Å²) in [6, 6.07) is 0. The molecule has 0 bridgehead atoms. The molecular formula is C9H25N5. The fourth-order valence-electron chi connectivity index (χ4n) is 1.34. The molecule has 0 heterocycles. The Kier molecular flexibility index (Phi) is 9.23. The average molecular weight is 203 g/mol. The van der Waals surface area contributed by atoms with Crippen molar-refractivity contribution in [3.63, 3.8) is 0 Å². The van der Waals surface area contributed by atoms with Crippen molar-refractivity contribution in [1.29, 1.82) is 0 Å². The van der Waals surface area contributed by atoms with Crippen molar-refractivity contribution < 1.29 is 0 Å². The highest BCUT2D eigenvalue weighted by Crippen LogP contribution is 1.88. The zero-order valence-corrected chi connectivity index (χ0v) is 9.28. The van der Waals surface area contributed by atoms with Gasteiger partial charge in [0.05, 0.1) is 0 Å². The SMILES string of the molecule is CN(CCN)CCN(CCN)CCN. The van der Waals surface area contributed by atoms with Crippen LogP contribution in [0.15, 0.2) is 0 Å². The van der Waals surface area contributed by atoms with Gasteiger partial charge >= 0.3 is 0 Å². The fourth-order valence-corrected chi connectivity index (χ4v) is 1.34. The lowest BCUT2D eigenvalue weighted by atomic mass is 10.4. The average Bonchev–Trinajstić information content (AvgIpc) is 2.15. The van der Waals surface area contributed by atoms with Gasteiger partial charge in [0.25, 0.3) is 0 Å². The van der Waals surface area contributed by atoms with Gasteiger partial charge in [-0.3, -0.25) is 4.90 Å². The van der Waals surface area contributed by atoms with Crippen LogP contribution in [0.2, 0.25) is 0 Å². The molecule has 0 aliphatic heterocycles. The van der Waals surface area contributed by atoms with Crippen molar-refractivity contribution in [1.82, 2.24) is 9.80 Å². The topological polar surface area (TPSA) is 84.5 Å². The lowest BCUT2D eigenvalue weighted by Crippen LogP contribution is -2.40. The van der Waals surface area contributed by atoms with E-state index in [1.165, 1.54) is 0 Å². The third-order valence-electron chi connectivity index (χ3n) is 2.20. The maximum atomic E-state index is 5.51. The zero-order valence-electron chi connectivity index (χ0n) is 9.28. The summed E-state index contributed by atoms with van der Waals surface area (Å²) in [6.07, 6.45) is 0. The van der Waals surface area contributed by atoms with Crippen LogP contribution in [0.3, 0.4) is 0 Å². The number of hydrogen-bond donors (Lipinski definition) is 3. The van der Waals surface area contributed by atoms with Crippen LogP contribution >= 0.6 is 0 Å². The van der Waals surface area contributed by atoms with Gasteiger partial charge in [0.2, 0.25) is 0 Å². The highest BCUT2D eigenvalue weighted by molar-refractivity contribution is 4.62. The van der Waals surface area contributed by atoms with Crippen LogP contribution < -0.4 is 17.2 Å². The van der Waals surface area contributed by atoms with Gasteiger partial charge in [0.15, 0.2) is 0 Å². The van der Waals surface area contributed by atoms with Crippen LogP contribution in [-0.4, -0.2) is 69.2 Å². The Morgan fingerprint density at radius 3 is 1.64 bits per heavy atom. The molecule has 0 rings (SSSR count). The summed E-state index contributed by atoms with van der Waals surface area (Å²) < 4.78 is 0. The largest absolute Gasteiger partial charge is 0.329 e. The summed E-state index contributed by atoms with van der Waals surface area (Å²) in [5, 5.41) is 0. The Bertz CT molecular complexity index is 114. The summed E-state index contributed by atoms with van der Waals surface area (Å²) in [6.45, 7) is 6.94. The van der Waals surface area contributed by atoms with Crippen LogP contribution in [0.5, 0.6) is 0 Å². The van der Waals surface area contributed by atoms with Gasteiger partial charge < -0.3 is 22.1 Å². The Morgan fingerprint density at radius 2 is 1.21 bits per heavy atom. The van der Waals surface area contributed by atoms with E-state index in [0.717, 1.165) is 32.7 Å². The molecule has 0 aromatic carbocycles. The maximum absolute atomic E-state index is 5.51. The number of nitrogens with zero attached hydrogens (tertiary/aromatic N) is 2. The second-order valence-electron chi connectivity index (χ2n) is 3.51. The van der Waals surface area contributed by atoms with E-state index in [4.69, 9.17) is 17.2 Å². The molecule has 5 nitrogen and oxygen atoms in total.